The Morgan fingerprint density at radius 3 is 2.13 bits per heavy atom. The van der Waals surface area contributed by atoms with E-state index in [-0.39, 0.29) is 0 Å². The molecular weight excluding hydrogens is 372 g/mol. The molecule has 5 nitrogen and oxygen atoms in total. The van der Waals surface area contributed by atoms with E-state index in [1.807, 2.05) is 13.3 Å². The van der Waals surface area contributed by atoms with Crippen molar-refractivity contribution in [2.24, 2.45) is 0 Å². The molecule has 0 unspecified atom stereocenters. The standard InChI is InChI=1S/C25H36N4O/c1-20(2)28-14-16-29(17-15-28)25-9-8-23(18-26-25)22-6-4-21(5-7-22)19-27-12-10-24(30-3)11-13-27/h4-9,18,20,24H,10-17,19H2,1-3H3. The summed E-state index contributed by atoms with van der Waals surface area (Å²) in [4.78, 5) is 12.2. The molecule has 2 aliphatic heterocycles. The molecule has 0 amide bonds. The van der Waals surface area contributed by atoms with Gasteiger partial charge in [-0.25, -0.2) is 4.98 Å². The lowest BCUT2D eigenvalue weighted by molar-refractivity contribution is 0.0389. The average Bonchev–Trinajstić information content (AvgIpc) is 2.80. The molecular formula is C25H36N4O. The molecule has 2 saturated heterocycles. The number of pyridine rings is 1. The highest BCUT2D eigenvalue weighted by atomic mass is 16.5. The number of nitrogens with zero attached hydrogens (tertiary/aromatic N) is 4. The van der Waals surface area contributed by atoms with E-state index in [2.05, 4.69) is 64.9 Å². The lowest BCUT2D eigenvalue weighted by Crippen LogP contribution is -2.49. The predicted octanol–water partition coefficient (Wildman–Crippen LogP) is 3.89. The summed E-state index contributed by atoms with van der Waals surface area (Å²) in [7, 11) is 1.83. The Morgan fingerprint density at radius 1 is 0.900 bits per heavy atom. The lowest BCUT2D eigenvalue weighted by Gasteiger charge is -2.37. The van der Waals surface area contributed by atoms with Crippen molar-refractivity contribution in [3.63, 3.8) is 0 Å². The van der Waals surface area contributed by atoms with Crippen molar-refractivity contribution in [2.45, 2.75) is 45.4 Å². The van der Waals surface area contributed by atoms with Crippen molar-refractivity contribution in [1.29, 1.82) is 0 Å². The van der Waals surface area contributed by atoms with E-state index in [0.717, 1.165) is 64.5 Å². The Kier molecular flexibility index (Phi) is 7.03. The van der Waals surface area contributed by atoms with E-state index in [1.54, 1.807) is 0 Å². The normalized spacial score (nSPS) is 19.5. The molecule has 1 aromatic carbocycles. The second-order valence-electron chi connectivity index (χ2n) is 8.93. The summed E-state index contributed by atoms with van der Waals surface area (Å²) in [6, 6.07) is 14.0. The van der Waals surface area contributed by atoms with Crippen LogP contribution in [-0.4, -0.2) is 73.3 Å². The quantitative estimate of drug-likeness (QED) is 0.724. The number of aromatic nitrogens is 1. The number of hydrogen-bond donors (Lipinski definition) is 0. The minimum atomic E-state index is 0.443. The van der Waals surface area contributed by atoms with Crippen LogP contribution in [0.15, 0.2) is 42.6 Å². The predicted molar refractivity (Wildman–Crippen MR) is 124 cm³/mol. The molecule has 0 radical (unpaired) electrons. The van der Waals surface area contributed by atoms with Crippen LogP contribution in [0.4, 0.5) is 5.82 Å². The minimum absolute atomic E-state index is 0.443. The number of likely N-dealkylation sites (tertiary alicyclic amines) is 1. The fourth-order valence-electron chi connectivity index (χ4n) is 4.58. The van der Waals surface area contributed by atoms with Crippen LogP contribution in [0.25, 0.3) is 11.1 Å². The van der Waals surface area contributed by atoms with E-state index in [4.69, 9.17) is 9.72 Å². The van der Waals surface area contributed by atoms with Gasteiger partial charge in [0, 0.05) is 70.7 Å². The van der Waals surface area contributed by atoms with Gasteiger partial charge >= 0.3 is 0 Å². The second-order valence-corrected chi connectivity index (χ2v) is 8.93. The summed E-state index contributed by atoms with van der Waals surface area (Å²) in [6.07, 6.45) is 4.74. The third-order valence-corrected chi connectivity index (χ3v) is 6.68. The van der Waals surface area contributed by atoms with E-state index in [1.165, 1.54) is 16.7 Å². The first-order valence-electron chi connectivity index (χ1n) is 11.4. The number of rotatable bonds is 6. The van der Waals surface area contributed by atoms with Gasteiger partial charge in [-0.3, -0.25) is 9.80 Å². The van der Waals surface area contributed by atoms with Crippen molar-refractivity contribution in [3.8, 4) is 11.1 Å². The molecule has 0 aliphatic carbocycles. The maximum atomic E-state index is 5.48. The Hall–Kier alpha value is -1.95. The zero-order chi connectivity index (χ0) is 20.9. The summed E-state index contributed by atoms with van der Waals surface area (Å²) in [6.45, 7) is 12.2. The molecule has 2 aromatic rings. The highest BCUT2D eigenvalue weighted by Gasteiger charge is 2.20. The van der Waals surface area contributed by atoms with Crippen LogP contribution in [-0.2, 0) is 11.3 Å². The number of piperazine rings is 1. The van der Waals surface area contributed by atoms with Crippen molar-refractivity contribution in [3.05, 3.63) is 48.2 Å². The van der Waals surface area contributed by atoms with Gasteiger partial charge in [0.15, 0.2) is 0 Å². The molecule has 5 heteroatoms. The van der Waals surface area contributed by atoms with Crippen LogP contribution in [0.3, 0.4) is 0 Å². The molecule has 3 heterocycles. The summed E-state index contributed by atoms with van der Waals surface area (Å²) in [5.41, 5.74) is 3.80. The van der Waals surface area contributed by atoms with Crippen LogP contribution in [0, 0.1) is 0 Å². The van der Waals surface area contributed by atoms with Crippen LogP contribution in [0.1, 0.15) is 32.3 Å². The van der Waals surface area contributed by atoms with E-state index >= 15 is 0 Å². The van der Waals surface area contributed by atoms with Gasteiger partial charge in [0.1, 0.15) is 5.82 Å². The molecule has 0 N–H and O–H groups in total. The summed E-state index contributed by atoms with van der Waals surface area (Å²) < 4.78 is 5.48. The topological polar surface area (TPSA) is 31.8 Å². The van der Waals surface area contributed by atoms with Gasteiger partial charge in [0.25, 0.3) is 0 Å². The molecule has 30 heavy (non-hydrogen) atoms. The summed E-state index contributed by atoms with van der Waals surface area (Å²) in [5, 5.41) is 0. The van der Waals surface area contributed by atoms with Crippen LogP contribution >= 0.6 is 0 Å². The van der Waals surface area contributed by atoms with Gasteiger partial charge < -0.3 is 9.64 Å². The third kappa shape index (κ3) is 5.20. The fourth-order valence-corrected chi connectivity index (χ4v) is 4.58. The fraction of sp³-hybridized carbons (Fsp3) is 0.560. The monoisotopic (exact) mass is 408 g/mol. The highest BCUT2D eigenvalue weighted by molar-refractivity contribution is 5.64. The number of ether oxygens (including phenoxy) is 1. The molecule has 2 fully saturated rings. The lowest BCUT2D eigenvalue weighted by atomic mass is 10.0. The smallest absolute Gasteiger partial charge is 0.128 e. The van der Waals surface area contributed by atoms with Crippen LogP contribution in [0.2, 0.25) is 0 Å². The van der Waals surface area contributed by atoms with Gasteiger partial charge in [-0.2, -0.15) is 0 Å². The zero-order valence-corrected chi connectivity index (χ0v) is 18.8. The molecule has 162 valence electrons. The largest absolute Gasteiger partial charge is 0.381 e. The Bertz CT molecular complexity index is 774. The highest BCUT2D eigenvalue weighted by Crippen LogP contribution is 2.23. The first-order chi connectivity index (χ1) is 14.6. The maximum Gasteiger partial charge on any atom is 0.128 e. The van der Waals surface area contributed by atoms with Crippen molar-refractivity contribution in [2.75, 3.05) is 51.3 Å². The Morgan fingerprint density at radius 2 is 1.57 bits per heavy atom. The molecule has 2 aliphatic rings. The Labute approximate surface area is 181 Å². The molecule has 0 bridgehead atoms. The summed E-state index contributed by atoms with van der Waals surface area (Å²) in [5.74, 6) is 1.10. The summed E-state index contributed by atoms with van der Waals surface area (Å²) >= 11 is 0. The third-order valence-electron chi connectivity index (χ3n) is 6.68. The van der Waals surface area contributed by atoms with E-state index in [0.29, 0.717) is 12.1 Å². The van der Waals surface area contributed by atoms with E-state index < -0.39 is 0 Å². The maximum absolute atomic E-state index is 5.48. The molecule has 0 spiro atoms. The zero-order valence-electron chi connectivity index (χ0n) is 18.8. The number of methoxy groups -OCH3 is 1. The van der Waals surface area contributed by atoms with Gasteiger partial charge in [-0.1, -0.05) is 24.3 Å². The minimum Gasteiger partial charge on any atom is -0.381 e. The Balaban J connectivity index is 1.32. The van der Waals surface area contributed by atoms with Gasteiger partial charge in [-0.15, -0.1) is 0 Å². The molecule has 0 saturated carbocycles. The molecule has 4 rings (SSSR count). The van der Waals surface area contributed by atoms with Gasteiger partial charge in [0.05, 0.1) is 6.10 Å². The van der Waals surface area contributed by atoms with Crippen molar-refractivity contribution >= 4 is 5.82 Å². The number of anilines is 1. The number of hydrogen-bond acceptors (Lipinski definition) is 5. The molecule has 0 atom stereocenters. The van der Waals surface area contributed by atoms with E-state index in [9.17, 15) is 0 Å². The van der Waals surface area contributed by atoms with Crippen molar-refractivity contribution < 1.29 is 4.74 Å². The number of benzene rings is 1. The van der Waals surface area contributed by atoms with Gasteiger partial charge in [0.2, 0.25) is 0 Å². The van der Waals surface area contributed by atoms with Gasteiger partial charge in [-0.05, 0) is 49.9 Å². The van der Waals surface area contributed by atoms with Crippen molar-refractivity contribution in [1.82, 2.24) is 14.8 Å². The molecule has 1 aromatic heterocycles. The number of piperidine rings is 1. The van der Waals surface area contributed by atoms with Crippen LogP contribution < -0.4 is 4.90 Å². The second kappa shape index (κ2) is 9.90. The van der Waals surface area contributed by atoms with Crippen LogP contribution in [0.5, 0.6) is 0 Å². The first-order valence-corrected chi connectivity index (χ1v) is 11.4. The first kappa shape index (κ1) is 21.3. The SMILES string of the molecule is COC1CCN(Cc2ccc(-c3ccc(N4CCN(C(C)C)CC4)nc3)cc2)CC1. The average molecular weight is 409 g/mol.